The van der Waals surface area contributed by atoms with Gasteiger partial charge in [-0.05, 0) is 18.2 Å². The lowest BCUT2D eigenvalue weighted by molar-refractivity contribution is -0.131. The van der Waals surface area contributed by atoms with Crippen molar-refractivity contribution in [3.05, 3.63) is 46.4 Å². The molecule has 2 heterocycles. The highest BCUT2D eigenvalue weighted by Crippen LogP contribution is 2.16. The monoisotopic (exact) mass is 291 g/mol. The maximum Gasteiger partial charge on any atom is 0.328 e. The van der Waals surface area contributed by atoms with Crippen LogP contribution < -0.4 is 5.32 Å². The molecule has 0 aliphatic heterocycles. The Balaban J connectivity index is 1.84. The SMILES string of the molecule is O=C(O)C=Cc1cc(C(=O)NCCn2cccn2)cs1. The summed E-state index contributed by atoms with van der Waals surface area (Å²) in [5.74, 6) is -1.19. The minimum Gasteiger partial charge on any atom is -0.478 e. The molecular weight excluding hydrogens is 278 g/mol. The van der Waals surface area contributed by atoms with Crippen molar-refractivity contribution in [1.29, 1.82) is 0 Å². The van der Waals surface area contributed by atoms with Crippen molar-refractivity contribution in [2.75, 3.05) is 6.54 Å². The largest absolute Gasteiger partial charge is 0.478 e. The molecule has 0 aliphatic rings. The average Bonchev–Trinajstić information content (AvgIpc) is 3.07. The van der Waals surface area contributed by atoms with Crippen molar-refractivity contribution in [1.82, 2.24) is 15.1 Å². The number of carbonyl (C=O) groups is 2. The van der Waals surface area contributed by atoms with E-state index >= 15 is 0 Å². The normalized spacial score (nSPS) is 10.8. The van der Waals surface area contributed by atoms with E-state index in [2.05, 4.69) is 10.4 Å². The number of amides is 1. The van der Waals surface area contributed by atoms with Gasteiger partial charge in [-0.25, -0.2) is 4.79 Å². The molecule has 0 unspecified atom stereocenters. The molecule has 0 spiro atoms. The van der Waals surface area contributed by atoms with Crippen LogP contribution in [0.15, 0.2) is 36.0 Å². The number of nitrogens with zero attached hydrogens (tertiary/aromatic N) is 2. The van der Waals surface area contributed by atoms with Gasteiger partial charge in [0.15, 0.2) is 0 Å². The molecule has 0 fully saturated rings. The van der Waals surface area contributed by atoms with Gasteiger partial charge in [-0.3, -0.25) is 9.48 Å². The number of nitrogens with one attached hydrogen (secondary N) is 1. The van der Waals surface area contributed by atoms with Crippen LogP contribution in [0.1, 0.15) is 15.2 Å². The summed E-state index contributed by atoms with van der Waals surface area (Å²) in [4.78, 5) is 23.0. The van der Waals surface area contributed by atoms with Gasteiger partial charge in [0.25, 0.3) is 5.91 Å². The lowest BCUT2D eigenvalue weighted by Crippen LogP contribution is -2.26. The Morgan fingerprint density at radius 2 is 2.35 bits per heavy atom. The topological polar surface area (TPSA) is 84.2 Å². The van der Waals surface area contributed by atoms with Gasteiger partial charge < -0.3 is 10.4 Å². The minimum atomic E-state index is -1.01. The quantitative estimate of drug-likeness (QED) is 0.789. The first-order valence-electron chi connectivity index (χ1n) is 5.90. The lowest BCUT2D eigenvalue weighted by atomic mass is 10.3. The molecule has 7 heteroatoms. The second-order valence-electron chi connectivity index (χ2n) is 3.93. The van der Waals surface area contributed by atoms with Gasteiger partial charge >= 0.3 is 5.97 Å². The van der Waals surface area contributed by atoms with E-state index in [-0.39, 0.29) is 5.91 Å². The van der Waals surface area contributed by atoms with Crippen LogP contribution in [-0.4, -0.2) is 33.3 Å². The van der Waals surface area contributed by atoms with Crippen LogP contribution in [0.3, 0.4) is 0 Å². The lowest BCUT2D eigenvalue weighted by Gasteiger charge is -2.03. The van der Waals surface area contributed by atoms with E-state index in [9.17, 15) is 9.59 Å². The molecule has 1 amide bonds. The molecule has 2 aromatic rings. The van der Waals surface area contributed by atoms with Crippen molar-refractivity contribution in [3.63, 3.8) is 0 Å². The van der Waals surface area contributed by atoms with E-state index in [0.717, 1.165) is 11.0 Å². The first-order valence-corrected chi connectivity index (χ1v) is 6.78. The Kier molecular flexibility index (Phi) is 4.67. The number of aromatic nitrogens is 2. The van der Waals surface area contributed by atoms with E-state index < -0.39 is 5.97 Å². The Morgan fingerprint density at radius 1 is 1.50 bits per heavy atom. The number of hydrogen-bond donors (Lipinski definition) is 2. The summed E-state index contributed by atoms with van der Waals surface area (Å²) < 4.78 is 1.73. The van der Waals surface area contributed by atoms with E-state index in [1.807, 2.05) is 12.3 Å². The average molecular weight is 291 g/mol. The second kappa shape index (κ2) is 6.67. The number of carboxylic acid groups (broad SMARTS) is 1. The van der Waals surface area contributed by atoms with Crippen molar-refractivity contribution in [2.24, 2.45) is 0 Å². The molecule has 0 aliphatic carbocycles. The van der Waals surface area contributed by atoms with Gasteiger partial charge in [0, 0.05) is 35.3 Å². The molecule has 0 saturated heterocycles. The van der Waals surface area contributed by atoms with E-state index in [1.165, 1.54) is 17.4 Å². The standard InChI is InChI=1S/C13H13N3O3S/c17-12(18)3-2-11-8-10(9-20-11)13(19)14-5-7-16-6-1-4-15-16/h1-4,6,8-9H,5,7H2,(H,14,19)(H,17,18). The fraction of sp³-hybridized carbons (Fsp3) is 0.154. The summed E-state index contributed by atoms with van der Waals surface area (Å²) in [5, 5.41) is 17.0. The summed E-state index contributed by atoms with van der Waals surface area (Å²) in [5.41, 5.74) is 0.528. The van der Waals surface area contributed by atoms with Gasteiger partial charge in [0.2, 0.25) is 0 Å². The predicted molar refractivity (Wildman–Crippen MR) is 75.5 cm³/mol. The molecular formula is C13H13N3O3S. The van der Waals surface area contributed by atoms with Gasteiger partial charge in [-0.2, -0.15) is 5.10 Å². The van der Waals surface area contributed by atoms with Crippen LogP contribution in [0, 0.1) is 0 Å². The van der Waals surface area contributed by atoms with Gasteiger partial charge in [-0.1, -0.05) is 0 Å². The number of carbonyl (C=O) groups excluding carboxylic acids is 1. The number of rotatable bonds is 6. The van der Waals surface area contributed by atoms with Crippen molar-refractivity contribution in [2.45, 2.75) is 6.54 Å². The van der Waals surface area contributed by atoms with Gasteiger partial charge in [0.1, 0.15) is 0 Å². The van der Waals surface area contributed by atoms with E-state index in [4.69, 9.17) is 5.11 Å². The molecule has 0 bridgehead atoms. The number of thiophene rings is 1. The first kappa shape index (κ1) is 14.0. The van der Waals surface area contributed by atoms with Crippen LogP contribution in [0.2, 0.25) is 0 Å². The number of hydrogen-bond acceptors (Lipinski definition) is 4. The summed E-state index contributed by atoms with van der Waals surface area (Å²) >= 11 is 1.32. The highest BCUT2D eigenvalue weighted by molar-refractivity contribution is 7.11. The maximum atomic E-state index is 11.9. The summed E-state index contributed by atoms with van der Waals surface area (Å²) in [7, 11) is 0. The molecule has 0 saturated carbocycles. The summed E-state index contributed by atoms with van der Waals surface area (Å²) in [6, 6.07) is 3.48. The molecule has 2 N–H and O–H groups in total. The van der Waals surface area contributed by atoms with Gasteiger partial charge in [0.05, 0.1) is 12.1 Å². The third kappa shape index (κ3) is 4.06. The molecule has 0 aromatic carbocycles. The number of carboxylic acids is 1. The maximum absolute atomic E-state index is 11.9. The predicted octanol–water partition coefficient (Wildman–Crippen LogP) is 1.47. The number of aliphatic carboxylic acids is 1. The zero-order valence-corrected chi connectivity index (χ0v) is 11.3. The molecule has 0 radical (unpaired) electrons. The van der Waals surface area contributed by atoms with Crippen molar-refractivity contribution >= 4 is 29.3 Å². The van der Waals surface area contributed by atoms with Gasteiger partial charge in [-0.15, -0.1) is 11.3 Å². The van der Waals surface area contributed by atoms with Crippen LogP contribution >= 0.6 is 11.3 Å². The molecule has 0 atom stereocenters. The third-order valence-corrected chi connectivity index (χ3v) is 3.36. The zero-order chi connectivity index (χ0) is 14.4. The van der Waals surface area contributed by atoms with Crippen LogP contribution in [0.5, 0.6) is 0 Å². The van der Waals surface area contributed by atoms with Crippen molar-refractivity contribution < 1.29 is 14.7 Å². The second-order valence-corrected chi connectivity index (χ2v) is 4.88. The third-order valence-electron chi connectivity index (χ3n) is 2.46. The van der Waals surface area contributed by atoms with Crippen LogP contribution in [-0.2, 0) is 11.3 Å². The highest BCUT2D eigenvalue weighted by Gasteiger charge is 2.07. The Labute approximate surface area is 119 Å². The van der Waals surface area contributed by atoms with Crippen LogP contribution in [0.4, 0.5) is 0 Å². The van der Waals surface area contributed by atoms with Crippen LogP contribution in [0.25, 0.3) is 6.08 Å². The summed E-state index contributed by atoms with van der Waals surface area (Å²) in [6.45, 7) is 1.09. The Hall–Kier alpha value is -2.41. The highest BCUT2D eigenvalue weighted by atomic mass is 32.1. The zero-order valence-electron chi connectivity index (χ0n) is 10.5. The molecule has 104 valence electrons. The minimum absolute atomic E-state index is 0.177. The first-order chi connectivity index (χ1) is 9.65. The molecule has 6 nitrogen and oxygen atoms in total. The Bertz CT molecular complexity index is 617. The fourth-order valence-corrected chi connectivity index (χ4v) is 2.31. The van der Waals surface area contributed by atoms with E-state index in [0.29, 0.717) is 18.7 Å². The van der Waals surface area contributed by atoms with Crippen molar-refractivity contribution in [3.8, 4) is 0 Å². The fourth-order valence-electron chi connectivity index (χ4n) is 1.53. The molecule has 2 aromatic heterocycles. The molecule has 20 heavy (non-hydrogen) atoms. The molecule has 2 rings (SSSR count). The smallest absolute Gasteiger partial charge is 0.328 e. The van der Waals surface area contributed by atoms with E-state index in [1.54, 1.807) is 22.3 Å². The Morgan fingerprint density at radius 3 is 3.05 bits per heavy atom. The summed E-state index contributed by atoms with van der Waals surface area (Å²) in [6.07, 6.45) is 6.02.